The van der Waals surface area contributed by atoms with E-state index in [0.29, 0.717) is 0 Å². The molecule has 2 aliphatic carbocycles. The first-order valence-electron chi connectivity index (χ1n) is 8.93. The second kappa shape index (κ2) is 6.10. The third-order valence-electron chi connectivity index (χ3n) is 5.75. The Morgan fingerprint density at radius 1 is 0.810 bits per heavy atom. The van der Waals surface area contributed by atoms with E-state index in [1.165, 1.54) is 58.0 Å². The maximum absolute atomic E-state index is 3.96. The van der Waals surface area contributed by atoms with Gasteiger partial charge in [0.2, 0.25) is 0 Å². The quantitative estimate of drug-likeness (QED) is 0.910. The van der Waals surface area contributed by atoms with E-state index in [9.17, 15) is 0 Å². The smallest absolute Gasteiger partial charge is 0.0209 e. The van der Waals surface area contributed by atoms with Crippen LogP contribution < -0.4 is 5.32 Å². The molecule has 0 spiro atoms. The Hall–Kier alpha value is -0.860. The van der Waals surface area contributed by atoms with Gasteiger partial charge in [-0.2, -0.15) is 0 Å². The maximum Gasteiger partial charge on any atom is 0.0209 e. The summed E-state index contributed by atoms with van der Waals surface area (Å²) in [6.45, 7) is 2.64. The van der Waals surface area contributed by atoms with Crippen molar-refractivity contribution in [3.05, 3.63) is 35.9 Å². The lowest BCUT2D eigenvalue weighted by molar-refractivity contribution is 0.289. The molecule has 3 aliphatic rings. The molecular weight excluding hydrogens is 256 g/mol. The standard InChI is InChI=1S/C19H28N2/c1-2-4-15(5-3-1)16-6-8-17(9-7-16)20-18-12-13-21(14-18)19-10-11-19/h1-5,16-20H,6-14H2. The summed E-state index contributed by atoms with van der Waals surface area (Å²) in [6, 6.07) is 13.6. The monoisotopic (exact) mass is 284 g/mol. The number of benzene rings is 1. The van der Waals surface area contributed by atoms with Crippen LogP contribution in [0.1, 0.15) is 56.4 Å². The summed E-state index contributed by atoms with van der Waals surface area (Å²) in [5.74, 6) is 0.802. The first kappa shape index (κ1) is 13.8. The normalized spacial score (nSPS) is 34.2. The minimum absolute atomic E-state index is 0.767. The van der Waals surface area contributed by atoms with E-state index in [1.54, 1.807) is 5.56 Å². The molecule has 1 atom stereocenters. The van der Waals surface area contributed by atoms with Crippen LogP contribution in [0.3, 0.4) is 0 Å². The molecule has 1 heterocycles. The van der Waals surface area contributed by atoms with Crippen LogP contribution in [0.15, 0.2) is 30.3 Å². The van der Waals surface area contributed by atoms with E-state index >= 15 is 0 Å². The fraction of sp³-hybridized carbons (Fsp3) is 0.684. The molecule has 1 N–H and O–H groups in total. The summed E-state index contributed by atoms with van der Waals surface area (Å²) in [7, 11) is 0. The second-order valence-corrected chi connectivity index (χ2v) is 7.34. The van der Waals surface area contributed by atoms with E-state index in [4.69, 9.17) is 0 Å². The second-order valence-electron chi connectivity index (χ2n) is 7.34. The van der Waals surface area contributed by atoms with Crippen LogP contribution >= 0.6 is 0 Å². The summed E-state index contributed by atoms with van der Waals surface area (Å²) in [5, 5.41) is 3.96. The lowest BCUT2D eigenvalue weighted by Gasteiger charge is -2.31. The van der Waals surface area contributed by atoms with Crippen molar-refractivity contribution in [1.29, 1.82) is 0 Å². The molecule has 1 aromatic carbocycles. The van der Waals surface area contributed by atoms with Crippen LogP contribution in [0.5, 0.6) is 0 Å². The van der Waals surface area contributed by atoms with Crippen molar-refractivity contribution in [2.45, 2.75) is 69.0 Å². The predicted octanol–water partition coefficient (Wildman–Crippen LogP) is 3.54. The van der Waals surface area contributed by atoms with Crippen molar-refractivity contribution < 1.29 is 0 Å². The highest BCUT2D eigenvalue weighted by atomic mass is 15.2. The van der Waals surface area contributed by atoms with Crippen molar-refractivity contribution in [3.8, 4) is 0 Å². The largest absolute Gasteiger partial charge is 0.310 e. The number of rotatable bonds is 4. The van der Waals surface area contributed by atoms with Gasteiger partial charge >= 0.3 is 0 Å². The van der Waals surface area contributed by atoms with Crippen LogP contribution in [0.4, 0.5) is 0 Å². The van der Waals surface area contributed by atoms with Gasteiger partial charge in [-0.05, 0) is 56.4 Å². The Labute approximate surface area is 128 Å². The van der Waals surface area contributed by atoms with E-state index in [1.807, 2.05) is 0 Å². The topological polar surface area (TPSA) is 15.3 Å². The average molecular weight is 284 g/mol. The lowest BCUT2D eigenvalue weighted by Crippen LogP contribution is -2.42. The molecule has 3 fully saturated rings. The van der Waals surface area contributed by atoms with Gasteiger partial charge in [0, 0.05) is 31.2 Å². The Kier molecular flexibility index (Phi) is 4.00. The molecule has 1 unspecified atom stereocenters. The summed E-state index contributed by atoms with van der Waals surface area (Å²) in [5.41, 5.74) is 1.55. The molecule has 1 saturated heterocycles. The Balaban J connectivity index is 1.24. The lowest BCUT2D eigenvalue weighted by atomic mass is 9.81. The van der Waals surface area contributed by atoms with Gasteiger partial charge in [-0.25, -0.2) is 0 Å². The van der Waals surface area contributed by atoms with Gasteiger partial charge in [-0.3, -0.25) is 4.90 Å². The number of hydrogen-bond acceptors (Lipinski definition) is 2. The molecular formula is C19H28N2. The van der Waals surface area contributed by atoms with Crippen molar-refractivity contribution in [1.82, 2.24) is 10.2 Å². The van der Waals surface area contributed by atoms with Gasteiger partial charge < -0.3 is 5.32 Å². The number of nitrogens with one attached hydrogen (secondary N) is 1. The molecule has 4 rings (SSSR count). The summed E-state index contributed by atoms with van der Waals surface area (Å²) < 4.78 is 0. The average Bonchev–Trinajstić information content (AvgIpc) is 3.29. The first-order valence-corrected chi connectivity index (χ1v) is 8.93. The highest BCUT2D eigenvalue weighted by molar-refractivity contribution is 5.20. The molecule has 2 nitrogen and oxygen atoms in total. The van der Waals surface area contributed by atoms with Gasteiger partial charge in [0.1, 0.15) is 0 Å². The Morgan fingerprint density at radius 2 is 1.57 bits per heavy atom. The van der Waals surface area contributed by atoms with Gasteiger partial charge in [0.15, 0.2) is 0 Å². The predicted molar refractivity (Wildman–Crippen MR) is 87.6 cm³/mol. The third kappa shape index (κ3) is 3.32. The fourth-order valence-electron chi connectivity index (χ4n) is 4.35. The third-order valence-corrected chi connectivity index (χ3v) is 5.75. The molecule has 2 saturated carbocycles. The van der Waals surface area contributed by atoms with Crippen molar-refractivity contribution in [2.24, 2.45) is 0 Å². The van der Waals surface area contributed by atoms with Crippen LogP contribution in [-0.2, 0) is 0 Å². The zero-order valence-corrected chi connectivity index (χ0v) is 13.0. The van der Waals surface area contributed by atoms with Gasteiger partial charge in [0.05, 0.1) is 0 Å². The molecule has 1 aliphatic heterocycles. The zero-order valence-electron chi connectivity index (χ0n) is 13.0. The fourth-order valence-corrected chi connectivity index (χ4v) is 4.35. The van der Waals surface area contributed by atoms with E-state index < -0.39 is 0 Å². The summed E-state index contributed by atoms with van der Waals surface area (Å²) in [4.78, 5) is 2.72. The Bertz CT molecular complexity index is 446. The van der Waals surface area contributed by atoms with E-state index in [2.05, 4.69) is 40.5 Å². The first-order chi connectivity index (χ1) is 10.4. The molecule has 21 heavy (non-hydrogen) atoms. The minimum atomic E-state index is 0.767. The van der Waals surface area contributed by atoms with E-state index in [-0.39, 0.29) is 0 Å². The van der Waals surface area contributed by atoms with Gasteiger partial charge in [-0.1, -0.05) is 30.3 Å². The molecule has 1 aromatic rings. The van der Waals surface area contributed by atoms with Gasteiger partial charge in [0.25, 0.3) is 0 Å². The van der Waals surface area contributed by atoms with Gasteiger partial charge in [-0.15, -0.1) is 0 Å². The van der Waals surface area contributed by atoms with Crippen molar-refractivity contribution >= 4 is 0 Å². The highest BCUT2D eigenvalue weighted by Gasteiger charge is 2.35. The van der Waals surface area contributed by atoms with E-state index in [0.717, 1.165) is 24.0 Å². The summed E-state index contributed by atoms with van der Waals surface area (Å²) >= 11 is 0. The maximum atomic E-state index is 3.96. The molecule has 2 heteroatoms. The Morgan fingerprint density at radius 3 is 2.29 bits per heavy atom. The van der Waals surface area contributed by atoms with Crippen LogP contribution in [-0.4, -0.2) is 36.1 Å². The molecule has 114 valence electrons. The summed E-state index contributed by atoms with van der Waals surface area (Å²) in [6.07, 6.45) is 9.72. The van der Waals surface area contributed by atoms with Crippen LogP contribution in [0.25, 0.3) is 0 Å². The molecule has 0 radical (unpaired) electrons. The molecule has 0 amide bonds. The number of nitrogens with zero attached hydrogens (tertiary/aromatic N) is 1. The SMILES string of the molecule is c1ccc(C2CCC(NC3CCN(C4CC4)C3)CC2)cc1. The zero-order chi connectivity index (χ0) is 14.1. The molecule has 0 aromatic heterocycles. The highest BCUT2D eigenvalue weighted by Crippen LogP contribution is 2.34. The molecule has 0 bridgehead atoms. The van der Waals surface area contributed by atoms with Crippen molar-refractivity contribution in [2.75, 3.05) is 13.1 Å². The number of likely N-dealkylation sites (tertiary alicyclic amines) is 1. The van der Waals surface area contributed by atoms with Crippen LogP contribution in [0, 0.1) is 0 Å². The number of hydrogen-bond donors (Lipinski definition) is 1. The van der Waals surface area contributed by atoms with Crippen LogP contribution in [0.2, 0.25) is 0 Å². The minimum Gasteiger partial charge on any atom is -0.310 e. The van der Waals surface area contributed by atoms with Crippen molar-refractivity contribution in [3.63, 3.8) is 0 Å².